The van der Waals surface area contributed by atoms with Gasteiger partial charge in [0.2, 0.25) is 0 Å². The lowest BCUT2D eigenvalue weighted by Crippen LogP contribution is -1.65. The van der Waals surface area contributed by atoms with Crippen molar-refractivity contribution in [3.8, 4) is 0 Å². The fourth-order valence-corrected chi connectivity index (χ4v) is 0.0722. The third kappa shape index (κ3) is 0.0696. The molecule has 1 N–H and O–H groups in total. The highest BCUT2D eigenvalue weighted by Crippen LogP contribution is 1.93. The smallest absolute Gasteiger partial charge is 0.0278 e. The number of rotatable bonds is 0. The molecule has 0 amide bonds. The molecule has 1 heteroatoms. The first-order chi connectivity index (χ1) is 1.89. The van der Waals surface area contributed by atoms with E-state index in [1.165, 1.54) is 5.70 Å². The SMILES string of the molecule is CC1=CN1. The molecule has 1 rings (SSSR count). The van der Waals surface area contributed by atoms with Crippen LogP contribution in [-0.2, 0) is 0 Å². The van der Waals surface area contributed by atoms with Crippen LogP contribution in [0.2, 0.25) is 0 Å². The van der Waals surface area contributed by atoms with E-state index in [1.807, 2.05) is 13.1 Å². The van der Waals surface area contributed by atoms with Crippen molar-refractivity contribution in [1.29, 1.82) is 0 Å². The molecule has 1 aliphatic heterocycles. The number of hydrogen-bond acceptors (Lipinski definition) is 1. The van der Waals surface area contributed by atoms with Gasteiger partial charge in [0, 0.05) is 11.9 Å². The third-order valence-corrected chi connectivity index (χ3v) is 0.433. The molecule has 0 bridgehead atoms. The van der Waals surface area contributed by atoms with Gasteiger partial charge in [-0.05, 0) is 6.92 Å². The molecule has 0 aromatic heterocycles. The standard InChI is InChI=1S/C3H5N/c1-3-2-4-3/h2,4H,1H3. The topological polar surface area (TPSA) is 21.9 Å². The average molecular weight is 55.1 g/mol. The second-order valence-corrected chi connectivity index (χ2v) is 0.972. The lowest BCUT2D eigenvalue weighted by atomic mass is 10.7. The Labute approximate surface area is 25.3 Å². The highest BCUT2D eigenvalue weighted by molar-refractivity contribution is 5.11. The highest BCUT2D eigenvalue weighted by Gasteiger charge is 1.90. The largest absolute Gasteiger partial charge is 0.363 e. The summed E-state index contributed by atoms with van der Waals surface area (Å²) in [5.41, 5.74) is 1.29. The molecule has 0 radical (unpaired) electrons. The zero-order valence-electron chi connectivity index (χ0n) is 2.58. The highest BCUT2D eigenvalue weighted by atomic mass is 15.0. The second kappa shape index (κ2) is 0.292. The molecule has 0 aromatic rings. The van der Waals surface area contributed by atoms with Gasteiger partial charge < -0.3 is 5.32 Å². The van der Waals surface area contributed by atoms with Gasteiger partial charge >= 0.3 is 0 Å². The van der Waals surface area contributed by atoms with Crippen molar-refractivity contribution in [2.24, 2.45) is 0 Å². The van der Waals surface area contributed by atoms with Gasteiger partial charge in [-0.3, -0.25) is 0 Å². The van der Waals surface area contributed by atoms with E-state index in [0.717, 1.165) is 0 Å². The molecule has 22 valence electrons. The first-order valence-electron chi connectivity index (χ1n) is 1.33. The summed E-state index contributed by atoms with van der Waals surface area (Å²) < 4.78 is 0. The molecular formula is C3H5N. The van der Waals surface area contributed by atoms with Gasteiger partial charge in [0.15, 0.2) is 0 Å². The minimum atomic E-state index is 1.29. The van der Waals surface area contributed by atoms with Crippen LogP contribution in [0.4, 0.5) is 0 Å². The zero-order chi connectivity index (χ0) is 2.99. The Morgan fingerprint density at radius 3 is 2.25 bits per heavy atom. The van der Waals surface area contributed by atoms with Crippen LogP contribution in [0.15, 0.2) is 11.9 Å². The van der Waals surface area contributed by atoms with Crippen LogP contribution in [0.5, 0.6) is 0 Å². The summed E-state index contributed by atoms with van der Waals surface area (Å²) in [7, 11) is 0. The molecule has 0 fully saturated rings. The molecule has 0 atom stereocenters. The lowest BCUT2D eigenvalue weighted by Gasteiger charge is -1.53. The molecule has 0 spiro atoms. The molecule has 4 heavy (non-hydrogen) atoms. The van der Waals surface area contributed by atoms with Crippen LogP contribution < -0.4 is 5.32 Å². The second-order valence-electron chi connectivity index (χ2n) is 0.972. The number of hydrogen-bond donors (Lipinski definition) is 1. The first kappa shape index (κ1) is 1.82. The van der Waals surface area contributed by atoms with Crippen molar-refractivity contribution in [3.05, 3.63) is 11.9 Å². The summed E-state index contributed by atoms with van der Waals surface area (Å²) in [4.78, 5) is 0. The lowest BCUT2D eigenvalue weighted by molar-refractivity contribution is 1.31. The van der Waals surface area contributed by atoms with E-state index in [9.17, 15) is 0 Å². The predicted octanol–water partition coefficient (Wildman–Crippen LogP) is 0.451. The van der Waals surface area contributed by atoms with E-state index in [2.05, 4.69) is 5.32 Å². The van der Waals surface area contributed by atoms with Crippen LogP contribution in [0.25, 0.3) is 0 Å². The Hall–Kier alpha value is -0.460. The monoisotopic (exact) mass is 55.0 g/mol. The fraction of sp³-hybridized carbons (Fsp3) is 0.333. The molecule has 0 aliphatic carbocycles. The molecule has 0 aromatic carbocycles. The zero-order valence-corrected chi connectivity index (χ0v) is 2.58. The molecule has 0 unspecified atom stereocenters. The normalized spacial score (nSPS) is 17.8. The van der Waals surface area contributed by atoms with Crippen molar-refractivity contribution < 1.29 is 0 Å². The Morgan fingerprint density at radius 2 is 2.25 bits per heavy atom. The van der Waals surface area contributed by atoms with Crippen molar-refractivity contribution in [1.82, 2.24) is 5.32 Å². The summed E-state index contributed by atoms with van der Waals surface area (Å²) in [5.74, 6) is 0. The quantitative estimate of drug-likeness (QED) is 0.427. The Kier molecular flexibility index (Phi) is 0.133. The van der Waals surface area contributed by atoms with Gasteiger partial charge in [0.1, 0.15) is 0 Å². The predicted molar refractivity (Wildman–Crippen MR) is 16.9 cm³/mol. The number of nitrogens with one attached hydrogen (secondary N) is 1. The van der Waals surface area contributed by atoms with Gasteiger partial charge in [-0.15, -0.1) is 0 Å². The first-order valence-corrected chi connectivity index (χ1v) is 1.33. The summed E-state index contributed by atoms with van der Waals surface area (Å²) in [6, 6.07) is 0. The van der Waals surface area contributed by atoms with Crippen molar-refractivity contribution >= 4 is 0 Å². The van der Waals surface area contributed by atoms with Gasteiger partial charge in [-0.1, -0.05) is 0 Å². The van der Waals surface area contributed by atoms with E-state index in [4.69, 9.17) is 0 Å². The maximum absolute atomic E-state index is 2.89. The Balaban J connectivity index is 2.54. The molecule has 1 nitrogen and oxygen atoms in total. The van der Waals surface area contributed by atoms with E-state index < -0.39 is 0 Å². The van der Waals surface area contributed by atoms with E-state index in [-0.39, 0.29) is 0 Å². The van der Waals surface area contributed by atoms with Crippen molar-refractivity contribution in [3.63, 3.8) is 0 Å². The minimum absolute atomic E-state index is 1.29. The van der Waals surface area contributed by atoms with Crippen LogP contribution in [0.3, 0.4) is 0 Å². The van der Waals surface area contributed by atoms with Crippen molar-refractivity contribution in [2.75, 3.05) is 0 Å². The third-order valence-electron chi connectivity index (χ3n) is 0.433. The molecule has 0 saturated carbocycles. The summed E-state index contributed by atoms with van der Waals surface area (Å²) in [6.07, 6.45) is 1.96. The van der Waals surface area contributed by atoms with Gasteiger partial charge in [-0.2, -0.15) is 0 Å². The maximum atomic E-state index is 2.89. The van der Waals surface area contributed by atoms with Crippen LogP contribution in [0, 0.1) is 0 Å². The molecular weight excluding hydrogens is 50.0 g/mol. The summed E-state index contributed by atoms with van der Waals surface area (Å²) in [6.45, 7) is 2.03. The van der Waals surface area contributed by atoms with Gasteiger partial charge in [-0.25, -0.2) is 0 Å². The molecule has 0 saturated heterocycles. The van der Waals surface area contributed by atoms with Gasteiger partial charge in [0.25, 0.3) is 0 Å². The summed E-state index contributed by atoms with van der Waals surface area (Å²) >= 11 is 0. The van der Waals surface area contributed by atoms with Crippen LogP contribution in [-0.4, -0.2) is 0 Å². The fourth-order valence-electron chi connectivity index (χ4n) is 0.0722. The van der Waals surface area contributed by atoms with Crippen LogP contribution in [0.1, 0.15) is 6.92 Å². The van der Waals surface area contributed by atoms with Gasteiger partial charge in [0.05, 0.1) is 0 Å². The molecule has 1 aliphatic rings. The maximum Gasteiger partial charge on any atom is 0.0278 e. The summed E-state index contributed by atoms with van der Waals surface area (Å²) in [5, 5.41) is 2.89. The van der Waals surface area contributed by atoms with E-state index in [1.54, 1.807) is 0 Å². The average Bonchev–Trinajstić information content (AvgIpc) is 1.75. The van der Waals surface area contributed by atoms with Crippen molar-refractivity contribution in [2.45, 2.75) is 6.92 Å². The van der Waals surface area contributed by atoms with E-state index >= 15 is 0 Å². The minimum Gasteiger partial charge on any atom is -0.363 e. The Bertz CT molecular complexity index is 54.3. The number of allylic oxidation sites excluding steroid dienone is 1. The van der Waals surface area contributed by atoms with Crippen LogP contribution >= 0.6 is 0 Å². The Morgan fingerprint density at radius 1 is 2.00 bits per heavy atom. The molecule has 1 heterocycles. The van der Waals surface area contributed by atoms with E-state index in [0.29, 0.717) is 0 Å².